The fourth-order valence-electron chi connectivity index (χ4n) is 2.06. The van der Waals surface area contributed by atoms with E-state index in [0.717, 1.165) is 26.2 Å². The van der Waals surface area contributed by atoms with Crippen LogP contribution < -0.4 is 5.73 Å². The van der Waals surface area contributed by atoms with E-state index in [1.807, 2.05) is 0 Å². The quantitative estimate of drug-likeness (QED) is 0.602. The fourth-order valence-corrected chi connectivity index (χ4v) is 2.06. The molecule has 2 atom stereocenters. The van der Waals surface area contributed by atoms with Crippen LogP contribution in [0.3, 0.4) is 0 Å². The van der Waals surface area contributed by atoms with Crippen LogP contribution in [0.15, 0.2) is 0 Å². The van der Waals surface area contributed by atoms with Crippen LogP contribution >= 0.6 is 0 Å². The first-order valence-electron chi connectivity index (χ1n) is 4.46. The Hall–Kier alpha value is -0.120. The first kappa shape index (κ1) is 7.53. The lowest BCUT2D eigenvalue weighted by molar-refractivity contribution is -0.0370. The minimum atomic E-state index is 0.514. The molecule has 2 aliphatic heterocycles. The van der Waals surface area contributed by atoms with Crippen LogP contribution in [0, 0.1) is 0 Å². The summed E-state index contributed by atoms with van der Waals surface area (Å²) in [7, 11) is 0. The van der Waals surface area contributed by atoms with Crippen LogP contribution in [0.4, 0.5) is 0 Å². The van der Waals surface area contributed by atoms with Crippen molar-refractivity contribution in [2.24, 2.45) is 5.73 Å². The van der Waals surface area contributed by atoms with E-state index >= 15 is 0 Å². The smallest absolute Gasteiger partial charge is 0.0707 e. The second-order valence-corrected chi connectivity index (χ2v) is 3.51. The molecule has 2 heterocycles. The highest BCUT2D eigenvalue weighted by atomic mass is 16.5. The Morgan fingerprint density at radius 1 is 1.27 bits per heavy atom. The van der Waals surface area contributed by atoms with Gasteiger partial charge in [0.2, 0.25) is 0 Å². The van der Waals surface area contributed by atoms with E-state index in [9.17, 15) is 0 Å². The predicted octanol–water partition coefficient (Wildman–Crippen LogP) is -0.192. The van der Waals surface area contributed by atoms with Crippen LogP contribution in [0.1, 0.15) is 12.8 Å². The molecule has 2 fully saturated rings. The maximum absolute atomic E-state index is 5.69. The van der Waals surface area contributed by atoms with E-state index in [4.69, 9.17) is 10.5 Å². The van der Waals surface area contributed by atoms with Crippen LogP contribution in [-0.2, 0) is 4.74 Å². The lowest BCUT2D eigenvalue weighted by Gasteiger charge is -2.31. The summed E-state index contributed by atoms with van der Waals surface area (Å²) >= 11 is 0. The van der Waals surface area contributed by atoms with Gasteiger partial charge in [-0.1, -0.05) is 0 Å². The van der Waals surface area contributed by atoms with Gasteiger partial charge in [0, 0.05) is 26.2 Å². The molecule has 2 N–H and O–H groups in total. The monoisotopic (exact) mass is 156 g/mol. The first-order valence-corrected chi connectivity index (χ1v) is 4.46. The Bertz CT molecular complexity index is 128. The lowest BCUT2D eigenvalue weighted by Crippen LogP contribution is -2.44. The van der Waals surface area contributed by atoms with Crippen molar-refractivity contribution in [3.63, 3.8) is 0 Å². The molecule has 0 aromatic rings. The summed E-state index contributed by atoms with van der Waals surface area (Å²) in [6.07, 6.45) is 3.54. The first-order chi connectivity index (χ1) is 5.38. The zero-order chi connectivity index (χ0) is 7.68. The maximum Gasteiger partial charge on any atom is 0.0707 e. The third-order valence-corrected chi connectivity index (χ3v) is 2.56. The molecular formula is C8H16N2O. The van der Waals surface area contributed by atoms with E-state index in [0.29, 0.717) is 12.2 Å². The molecule has 2 rings (SSSR count). The van der Waals surface area contributed by atoms with Gasteiger partial charge in [-0.15, -0.1) is 0 Å². The summed E-state index contributed by atoms with van der Waals surface area (Å²) in [6.45, 7) is 4.03. The van der Waals surface area contributed by atoms with Gasteiger partial charge in [-0.05, 0) is 12.8 Å². The van der Waals surface area contributed by atoms with E-state index in [-0.39, 0.29) is 0 Å². The van der Waals surface area contributed by atoms with E-state index in [1.54, 1.807) is 0 Å². The summed E-state index contributed by atoms with van der Waals surface area (Å²) in [5.41, 5.74) is 5.49. The van der Waals surface area contributed by atoms with Crippen molar-refractivity contribution in [3.8, 4) is 0 Å². The maximum atomic E-state index is 5.69. The Kier molecular flexibility index (Phi) is 2.11. The van der Waals surface area contributed by atoms with Gasteiger partial charge in [0.25, 0.3) is 0 Å². The molecule has 2 aliphatic rings. The van der Waals surface area contributed by atoms with E-state index in [1.165, 1.54) is 12.8 Å². The van der Waals surface area contributed by atoms with Gasteiger partial charge in [-0.3, -0.25) is 4.90 Å². The van der Waals surface area contributed by atoms with Crippen molar-refractivity contribution >= 4 is 0 Å². The largest absolute Gasteiger partial charge is 0.372 e. The minimum absolute atomic E-state index is 0.514. The van der Waals surface area contributed by atoms with E-state index in [2.05, 4.69) is 4.90 Å². The summed E-state index contributed by atoms with van der Waals surface area (Å²) < 4.78 is 5.69. The van der Waals surface area contributed by atoms with Gasteiger partial charge in [0.05, 0.1) is 12.2 Å². The molecule has 11 heavy (non-hydrogen) atoms. The molecule has 0 radical (unpaired) electrons. The number of hydrogen-bond donors (Lipinski definition) is 1. The average Bonchev–Trinajstić information content (AvgIpc) is 2.32. The van der Waals surface area contributed by atoms with Gasteiger partial charge in [0.1, 0.15) is 0 Å². The second-order valence-electron chi connectivity index (χ2n) is 3.51. The molecule has 0 amide bonds. The molecule has 3 nitrogen and oxygen atoms in total. The number of likely N-dealkylation sites (tertiary alicyclic amines) is 1. The summed E-state index contributed by atoms with van der Waals surface area (Å²) in [5.74, 6) is 0. The molecule has 3 heteroatoms. The summed E-state index contributed by atoms with van der Waals surface area (Å²) in [6, 6.07) is 0. The van der Waals surface area contributed by atoms with Crippen LogP contribution in [0.5, 0.6) is 0 Å². The van der Waals surface area contributed by atoms with Gasteiger partial charge >= 0.3 is 0 Å². The van der Waals surface area contributed by atoms with Gasteiger partial charge in [-0.2, -0.15) is 0 Å². The molecule has 0 saturated carbocycles. The molecule has 0 aromatic heterocycles. The van der Waals surface area contributed by atoms with Crippen molar-refractivity contribution < 1.29 is 4.74 Å². The van der Waals surface area contributed by atoms with Gasteiger partial charge in [0.15, 0.2) is 0 Å². The molecule has 2 unspecified atom stereocenters. The zero-order valence-corrected chi connectivity index (χ0v) is 6.83. The summed E-state index contributed by atoms with van der Waals surface area (Å²) in [4.78, 5) is 2.42. The number of nitrogens with zero attached hydrogens (tertiary/aromatic N) is 1. The number of nitrogens with two attached hydrogens (primary N) is 1. The molecule has 0 aromatic carbocycles. The van der Waals surface area contributed by atoms with Gasteiger partial charge in [-0.25, -0.2) is 0 Å². The number of morpholine rings is 1. The van der Waals surface area contributed by atoms with Crippen LogP contribution in [-0.4, -0.2) is 43.3 Å². The molecular weight excluding hydrogens is 140 g/mol. The molecule has 0 aliphatic carbocycles. The van der Waals surface area contributed by atoms with Crippen molar-refractivity contribution in [3.05, 3.63) is 0 Å². The van der Waals surface area contributed by atoms with E-state index < -0.39 is 0 Å². The standard InChI is InChI=1S/C8H16N2O/c9-3-4-10-5-7-1-2-8(6-10)11-7/h7-8H,1-6,9H2. The normalized spacial score (nSPS) is 37.9. The molecule has 0 spiro atoms. The van der Waals surface area contributed by atoms with Crippen molar-refractivity contribution in [1.29, 1.82) is 0 Å². The molecule has 2 bridgehead atoms. The third-order valence-electron chi connectivity index (χ3n) is 2.56. The Morgan fingerprint density at radius 3 is 2.45 bits per heavy atom. The highest BCUT2D eigenvalue weighted by Gasteiger charge is 2.32. The van der Waals surface area contributed by atoms with Crippen molar-refractivity contribution in [1.82, 2.24) is 4.90 Å². The number of fused-ring (bicyclic) bond motifs is 2. The highest BCUT2D eigenvalue weighted by Crippen LogP contribution is 2.25. The van der Waals surface area contributed by atoms with Crippen molar-refractivity contribution in [2.45, 2.75) is 25.0 Å². The lowest BCUT2D eigenvalue weighted by atomic mass is 10.2. The topological polar surface area (TPSA) is 38.5 Å². The van der Waals surface area contributed by atoms with Crippen LogP contribution in [0.25, 0.3) is 0 Å². The summed E-state index contributed by atoms with van der Waals surface area (Å²) in [5, 5.41) is 0. The van der Waals surface area contributed by atoms with Crippen molar-refractivity contribution in [2.75, 3.05) is 26.2 Å². The molecule has 2 saturated heterocycles. The number of hydrogen-bond acceptors (Lipinski definition) is 3. The highest BCUT2D eigenvalue weighted by molar-refractivity contribution is 4.84. The average molecular weight is 156 g/mol. The Balaban J connectivity index is 1.87. The minimum Gasteiger partial charge on any atom is -0.372 e. The Morgan fingerprint density at radius 2 is 1.91 bits per heavy atom. The number of rotatable bonds is 2. The fraction of sp³-hybridized carbons (Fsp3) is 1.00. The molecule has 64 valence electrons. The Labute approximate surface area is 67.5 Å². The number of ether oxygens (including phenoxy) is 1. The van der Waals surface area contributed by atoms with Crippen LogP contribution in [0.2, 0.25) is 0 Å². The van der Waals surface area contributed by atoms with Gasteiger partial charge < -0.3 is 10.5 Å². The zero-order valence-electron chi connectivity index (χ0n) is 6.83. The predicted molar refractivity (Wildman–Crippen MR) is 43.4 cm³/mol. The third kappa shape index (κ3) is 1.55. The SMILES string of the molecule is NCCN1CC2CCC(C1)O2. The second kappa shape index (κ2) is 3.09.